The number of benzene rings is 2. The van der Waals surface area contributed by atoms with Crippen LogP contribution in [0.15, 0.2) is 39.3 Å². The van der Waals surface area contributed by atoms with E-state index in [2.05, 4.69) is 37.2 Å². The van der Waals surface area contributed by atoms with Crippen molar-refractivity contribution in [3.63, 3.8) is 0 Å². The molecule has 0 aliphatic carbocycles. The quantitative estimate of drug-likeness (QED) is 0.580. The molecule has 0 radical (unpaired) electrons. The van der Waals surface area contributed by atoms with Crippen LogP contribution < -0.4 is 5.32 Å². The summed E-state index contributed by atoms with van der Waals surface area (Å²) in [4.78, 5) is 0. The molecule has 0 aliphatic heterocycles. The minimum atomic E-state index is -0.281. The summed E-state index contributed by atoms with van der Waals surface area (Å²) in [5.74, 6) is -0.281. The van der Waals surface area contributed by atoms with Gasteiger partial charge in [-0.1, -0.05) is 40.5 Å². The Bertz CT molecular complexity index is 661. The van der Waals surface area contributed by atoms with E-state index >= 15 is 0 Å². The third kappa shape index (κ3) is 3.86. The van der Waals surface area contributed by atoms with Crippen LogP contribution >= 0.6 is 43.5 Å². The average Bonchev–Trinajstić information content (AvgIpc) is 2.43. The Labute approximate surface area is 146 Å². The Morgan fingerprint density at radius 3 is 2.57 bits per heavy atom. The molecule has 0 aliphatic rings. The first-order valence-electron chi connectivity index (χ1n) is 6.58. The third-order valence-electron chi connectivity index (χ3n) is 3.31. The first-order chi connectivity index (χ1) is 9.93. The van der Waals surface area contributed by atoms with Crippen LogP contribution in [0.1, 0.15) is 29.7 Å². The summed E-state index contributed by atoms with van der Waals surface area (Å²) in [5.41, 5.74) is 2.68. The average molecular weight is 436 g/mol. The molecule has 1 unspecified atom stereocenters. The standard InChI is InChI=1S/C16H15Br2ClFN/c1-3-21-16(11-6-10(17)5-4-9(11)2)12-7-14(19)13(18)8-15(12)20/h4-8,16,21H,3H2,1-2H3. The van der Waals surface area contributed by atoms with Crippen LogP contribution in [0.25, 0.3) is 0 Å². The van der Waals surface area contributed by atoms with Crippen LogP contribution in [0.5, 0.6) is 0 Å². The second-order valence-corrected chi connectivity index (χ2v) is 6.96. The predicted octanol–water partition coefficient (Wildman–Crippen LogP) is 6.01. The highest BCUT2D eigenvalue weighted by molar-refractivity contribution is 9.10. The lowest BCUT2D eigenvalue weighted by Gasteiger charge is -2.22. The molecule has 1 N–H and O–H groups in total. The molecule has 2 aromatic carbocycles. The van der Waals surface area contributed by atoms with Crippen LogP contribution in [0, 0.1) is 12.7 Å². The molecule has 1 atom stereocenters. The third-order valence-corrected chi connectivity index (χ3v) is 5.00. The fourth-order valence-corrected chi connectivity index (χ4v) is 3.14. The summed E-state index contributed by atoms with van der Waals surface area (Å²) in [6.07, 6.45) is 0. The second kappa shape index (κ2) is 7.23. The summed E-state index contributed by atoms with van der Waals surface area (Å²) in [7, 11) is 0. The molecule has 2 aromatic rings. The predicted molar refractivity (Wildman–Crippen MR) is 93.5 cm³/mol. The Morgan fingerprint density at radius 1 is 1.19 bits per heavy atom. The number of halogens is 4. The van der Waals surface area contributed by atoms with Crippen LogP contribution in [0.2, 0.25) is 5.02 Å². The molecule has 0 saturated carbocycles. The van der Waals surface area contributed by atoms with Gasteiger partial charge in [0.05, 0.1) is 11.1 Å². The maximum absolute atomic E-state index is 14.4. The molecule has 0 bridgehead atoms. The maximum atomic E-state index is 14.4. The summed E-state index contributed by atoms with van der Waals surface area (Å²) in [6.45, 7) is 4.74. The zero-order valence-corrected chi connectivity index (χ0v) is 15.6. The van der Waals surface area contributed by atoms with Crippen LogP contribution in [0.4, 0.5) is 4.39 Å². The zero-order chi connectivity index (χ0) is 15.6. The highest BCUT2D eigenvalue weighted by Gasteiger charge is 2.20. The van der Waals surface area contributed by atoms with Gasteiger partial charge in [-0.05, 0) is 64.8 Å². The highest BCUT2D eigenvalue weighted by Crippen LogP contribution is 2.33. The van der Waals surface area contributed by atoms with Gasteiger partial charge in [0.2, 0.25) is 0 Å². The van der Waals surface area contributed by atoms with E-state index in [0.29, 0.717) is 15.1 Å². The normalized spacial score (nSPS) is 12.5. The SMILES string of the molecule is CCNC(c1cc(Br)ccc1C)c1cc(Cl)c(Br)cc1F. The summed E-state index contributed by atoms with van der Waals surface area (Å²) in [5, 5.41) is 3.84. The van der Waals surface area contributed by atoms with Gasteiger partial charge in [0, 0.05) is 14.5 Å². The molecule has 0 aromatic heterocycles. The van der Waals surface area contributed by atoms with Crippen molar-refractivity contribution < 1.29 is 4.39 Å². The van der Waals surface area contributed by atoms with E-state index in [1.807, 2.05) is 32.0 Å². The molecule has 21 heavy (non-hydrogen) atoms. The van der Waals surface area contributed by atoms with Gasteiger partial charge in [0.15, 0.2) is 0 Å². The van der Waals surface area contributed by atoms with E-state index in [0.717, 1.165) is 22.1 Å². The minimum Gasteiger partial charge on any atom is -0.306 e. The van der Waals surface area contributed by atoms with Gasteiger partial charge in [0.25, 0.3) is 0 Å². The van der Waals surface area contributed by atoms with Crippen LogP contribution in [-0.2, 0) is 0 Å². The lowest BCUT2D eigenvalue weighted by Crippen LogP contribution is -2.24. The van der Waals surface area contributed by atoms with Gasteiger partial charge in [-0.3, -0.25) is 0 Å². The van der Waals surface area contributed by atoms with E-state index in [-0.39, 0.29) is 11.9 Å². The molecule has 0 heterocycles. The van der Waals surface area contributed by atoms with Crippen molar-refractivity contribution in [3.05, 3.63) is 66.8 Å². The van der Waals surface area contributed by atoms with Crippen molar-refractivity contribution in [2.45, 2.75) is 19.9 Å². The Balaban J connectivity index is 2.58. The van der Waals surface area contributed by atoms with Crippen molar-refractivity contribution in [1.29, 1.82) is 0 Å². The molecule has 1 nitrogen and oxygen atoms in total. The van der Waals surface area contributed by atoms with E-state index in [4.69, 9.17) is 11.6 Å². The van der Waals surface area contributed by atoms with Crippen molar-refractivity contribution in [3.8, 4) is 0 Å². The maximum Gasteiger partial charge on any atom is 0.129 e. The van der Waals surface area contributed by atoms with E-state index in [1.165, 1.54) is 6.07 Å². The number of hydrogen-bond acceptors (Lipinski definition) is 1. The van der Waals surface area contributed by atoms with E-state index < -0.39 is 0 Å². The van der Waals surface area contributed by atoms with Gasteiger partial charge in [-0.2, -0.15) is 0 Å². The molecule has 5 heteroatoms. The number of rotatable bonds is 4. The van der Waals surface area contributed by atoms with Crippen molar-refractivity contribution >= 4 is 43.5 Å². The van der Waals surface area contributed by atoms with Crippen molar-refractivity contribution in [1.82, 2.24) is 5.32 Å². The number of aryl methyl sites for hydroxylation is 1. The molecule has 0 fully saturated rings. The fourth-order valence-electron chi connectivity index (χ4n) is 2.27. The topological polar surface area (TPSA) is 12.0 Å². The molecule has 2 rings (SSSR count). The molecule has 0 amide bonds. The van der Waals surface area contributed by atoms with Gasteiger partial charge >= 0.3 is 0 Å². The van der Waals surface area contributed by atoms with Crippen LogP contribution in [0.3, 0.4) is 0 Å². The van der Waals surface area contributed by atoms with Gasteiger partial charge in [-0.25, -0.2) is 4.39 Å². The Morgan fingerprint density at radius 2 is 1.90 bits per heavy atom. The van der Waals surface area contributed by atoms with E-state index in [1.54, 1.807) is 6.07 Å². The largest absolute Gasteiger partial charge is 0.306 e. The number of nitrogens with one attached hydrogen (secondary N) is 1. The summed E-state index contributed by atoms with van der Waals surface area (Å²) in [6, 6.07) is 8.86. The lowest BCUT2D eigenvalue weighted by molar-refractivity contribution is 0.557. The highest BCUT2D eigenvalue weighted by atomic mass is 79.9. The zero-order valence-electron chi connectivity index (χ0n) is 11.7. The Hall–Kier alpha value is -0.420. The molecular formula is C16H15Br2ClFN. The second-order valence-electron chi connectivity index (χ2n) is 4.78. The monoisotopic (exact) mass is 433 g/mol. The van der Waals surface area contributed by atoms with Crippen LogP contribution in [-0.4, -0.2) is 6.54 Å². The van der Waals surface area contributed by atoms with Crippen molar-refractivity contribution in [2.75, 3.05) is 6.54 Å². The minimum absolute atomic E-state index is 0.238. The van der Waals surface area contributed by atoms with Gasteiger partial charge in [-0.15, -0.1) is 0 Å². The van der Waals surface area contributed by atoms with E-state index in [9.17, 15) is 4.39 Å². The molecule has 0 spiro atoms. The summed E-state index contributed by atoms with van der Waals surface area (Å²) < 4.78 is 15.9. The van der Waals surface area contributed by atoms with Crippen molar-refractivity contribution in [2.24, 2.45) is 0 Å². The fraction of sp³-hybridized carbons (Fsp3) is 0.250. The summed E-state index contributed by atoms with van der Waals surface area (Å²) >= 11 is 12.9. The van der Waals surface area contributed by atoms with Gasteiger partial charge in [0.1, 0.15) is 5.82 Å². The first kappa shape index (κ1) is 16.9. The Kier molecular flexibility index (Phi) is 5.83. The molecule has 0 saturated heterocycles. The van der Waals surface area contributed by atoms with Gasteiger partial charge < -0.3 is 5.32 Å². The first-order valence-corrected chi connectivity index (χ1v) is 8.54. The smallest absolute Gasteiger partial charge is 0.129 e. The number of hydrogen-bond donors (Lipinski definition) is 1. The lowest BCUT2D eigenvalue weighted by atomic mass is 9.94. The molecule has 112 valence electrons. The molecular weight excluding hydrogens is 420 g/mol.